The molecule has 6 heteroatoms. The predicted molar refractivity (Wildman–Crippen MR) is 122 cm³/mol. The molecule has 31 heavy (non-hydrogen) atoms. The van der Waals surface area contributed by atoms with Crippen molar-refractivity contribution in [3.63, 3.8) is 0 Å². The predicted octanol–water partition coefficient (Wildman–Crippen LogP) is 4.40. The molecule has 2 heterocycles. The molecule has 0 atom stereocenters. The van der Waals surface area contributed by atoms with Gasteiger partial charge in [0.05, 0.1) is 11.0 Å². The fourth-order valence-corrected chi connectivity index (χ4v) is 4.18. The first kappa shape index (κ1) is 19.1. The molecule has 4 aromatic rings. The van der Waals surface area contributed by atoms with Crippen LogP contribution >= 0.6 is 0 Å². The number of carbonyl (C=O) groups is 2. The van der Waals surface area contributed by atoms with E-state index in [0.29, 0.717) is 12.1 Å². The van der Waals surface area contributed by atoms with Crippen LogP contribution in [-0.4, -0.2) is 27.9 Å². The van der Waals surface area contributed by atoms with Crippen LogP contribution in [0.3, 0.4) is 0 Å². The van der Waals surface area contributed by atoms with Gasteiger partial charge in [-0.25, -0.2) is 4.98 Å². The molecule has 0 unspecified atom stereocenters. The number of nitrogens with zero attached hydrogens (tertiary/aromatic N) is 3. The summed E-state index contributed by atoms with van der Waals surface area (Å²) < 4.78 is 2.07. The van der Waals surface area contributed by atoms with E-state index >= 15 is 0 Å². The van der Waals surface area contributed by atoms with Gasteiger partial charge in [0, 0.05) is 43.0 Å². The number of fused-ring (bicyclic) bond motifs is 2. The number of rotatable bonds is 3. The second-order valence-corrected chi connectivity index (χ2v) is 7.78. The number of amides is 2. The third-order valence-corrected chi connectivity index (χ3v) is 5.81. The summed E-state index contributed by atoms with van der Waals surface area (Å²) in [5, 5.41) is 2.96. The van der Waals surface area contributed by atoms with Gasteiger partial charge in [-0.05, 0) is 66.6 Å². The molecule has 0 radical (unpaired) electrons. The molecule has 1 aliphatic heterocycles. The van der Waals surface area contributed by atoms with Crippen LogP contribution in [0.1, 0.15) is 22.8 Å². The molecule has 3 aromatic carbocycles. The maximum absolute atomic E-state index is 12.7. The number of imidazole rings is 1. The molecular formula is C25H22N4O2. The third kappa shape index (κ3) is 3.36. The summed E-state index contributed by atoms with van der Waals surface area (Å²) in [5.74, 6) is 0.740. The van der Waals surface area contributed by atoms with E-state index in [2.05, 4.69) is 9.88 Å². The van der Waals surface area contributed by atoms with Gasteiger partial charge in [-0.1, -0.05) is 12.1 Å². The highest BCUT2D eigenvalue weighted by Crippen LogP contribution is 2.29. The molecule has 6 nitrogen and oxygen atoms in total. The lowest BCUT2D eigenvalue weighted by Gasteiger charge is -2.14. The molecule has 1 N–H and O–H groups in total. The van der Waals surface area contributed by atoms with Crippen LogP contribution in [0.4, 0.5) is 11.4 Å². The summed E-state index contributed by atoms with van der Waals surface area (Å²) in [6.45, 7) is 2.23. The van der Waals surface area contributed by atoms with E-state index in [1.54, 1.807) is 17.9 Å². The lowest BCUT2D eigenvalue weighted by molar-refractivity contribution is -0.116. The van der Waals surface area contributed by atoms with Crippen LogP contribution < -0.4 is 10.2 Å². The molecule has 0 saturated carbocycles. The summed E-state index contributed by atoms with van der Waals surface area (Å²) in [6, 6.07) is 21.2. The van der Waals surface area contributed by atoms with E-state index in [-0.39, 0.29) is 11.8 Å². The van der Waals surface area contributed by atoms with Crippen molar-refractivity contribution in [3.05, 3.63) is 77.9 Å². The molecule has 1 aliphatic rings. The maximum atomic E-state index is 12.7. The average molecular weight is 410 g/mol. The maximum Gasteiger partial charge on any atom is 0.255 e. The van der Waals surface area contributed by atoms with E-state index in [1.807, 2.05) is 67.7 Å². The van der Waals surface area contributed by atoms with Gasteiger partial charge >= 0.3 is 0 Å². The Bertz CT molecular complexity index is 1320. The normalized spacial score (nSPS) is 12.8. The quantitative estimate of drug-likeness (QED) is 0.544. The Morgan fingerprint density at radius 1 is 1.00 bits per heavy atom. The van der Waals surface area contributed by atoms with E-state index in [9.17, 15) is 9.59 Å². The number of carbonyl (C=O) groups excluding carboxylic acids is 2. The molecule has 0 bridgehead atoms. The molecule has 0 fully saturated rings. The van der Waals surface area contributed by atoms with Crippen molar-refractivity contribution in [1.82, 2.24) is 9.55 Å². The highest BCUT2D eigenvalue weighted by Gasteiger charge is 2.23. The molecule has 0 aliphatic carbocycles. The Hall–Kier alpha value is -3.93. The van der Waals surface area contributed by atoms with Crippen molar-refractivity contribution >= 4 is 34.2 Å². The molecule has 154 valence electrons. The van der Waals surface area contributed by atoms with Crippen molar-refractivity contribution in [1.29, 1.82) is 0 Å². The summed E-state index contributed by atoms with van der Waals surface area (Å²) in [5.41, 5.74) is 6.25. The Balaban J connectivity index is 1.35. The number of para-hydroxylation sites is 2. The first-order valence-electron chi connectivity index (χ1n) is 10.3. The molecule has 5 rings (SSSR count). The van der Waals surface area contributed by atoms with Gasteiger partial charge in [-0.2, -0.15) is 0 Å². The van der Waals surface area contributed by atoms with E-state index in [4.69, 9.17) is 4.98 Å². The Labute approximate surface area is 180 Å². The summed E-state index contributed by atoms with van der Waals surface area (Å²) in [4.78, 5) is 30.9. The minimum Gasteiger partial charge on any atom is -0.327 e. The summed E-state index contributed by atoms with van der Waals surface area (Å²) in [7, 11) is 2.00. The first-order valence-corrected chi connectivity index (χ1v) is 10.3. The fourth-order valence-electron chi connectivity index (χ4n) is 4.18. The van der Waals surface area contributed by atoms with Crippen LogP contribution in [0, 0.1) is 0 Å². The third-order valence-electron chi connectivity index (χ3n) is 5.81. The zero-order valence-corrected chi connectivity index (χ0v) is 17.4. The first-order chi connectivity index (χ1) is 15.0. The zero-order chi connectivity index (χ0) is 21.5. The fraction of sp³-hybridized carbons (Fsp3) is 0.160. The number of aromatic nitrogens is 2. The highest BCUT2D eigenvalue weighted by atomic mass is 16.2. The van der Waals surface area contributed by atoms with Crippen LogP contribution in [-0.2, 0) is 18.3 Å². The largest absolute Gasteiger partial charge is 0.327 e. The topological polar surface area (TPSA) is 67.2 Å². The monoisotopic (exact) mass is 410 g/mol. The smallest absolute Gasteiger partial charge is 0.255 e. The minimum absolute atomic E-state index is 0.0247. The van der Waals surface area contributed by atoms with E-state index in [0.717, 1.165) is 45.8 Å². The van der Waals surface area contributed by atoms with Crippen molar-refractivity contribution in [3.8, 4) is 11.4 Å². The van der Waals surface area contributed by atoms with Gasteiger partial charge in [-0.15, -0.1) is 0 Å². The Morgan fingerprint density at radius 2 is 1.77 bits per heavy atom. The average Bonchev–Trinajstić information content (AvgIpc) is 3.35. The van der Waals surface area contributed by atoms with E-state index < -0.39 is 0 Å². The number of anilines is 2. The molecule has 0 saturated heterocycles. The Morgan fingerprint density at radius 3 is 2.52 bits per heavy atom. The van der Waals surface area contributed by atoms with Gasteiger partial charge in [0.2, 0.25) is 5.91 Å². The zero-order valence-electron chi connectivity index (χ0n) is 17.4. The highest BCUT2D eigenvalue weighted by molar-refractivity contribution is 6.05. The minimum atomic E-state index is -0.167. The van der Waals surface area contributed by atoms with Gasteiger partial charge in [0.15, 0.2) is 0 Å². The molecule has 1 aromatic heterocycles. The van der Waals surface area contributed by atoms with Gasteiger partial charge in [0.1, 0.15) is 5.82 Å². The van der Waals surface area contributed by atoms with Crippen molar-refractivity contribution in [2.45, 2.75) is 13.3 Å². The van der Waals surface area contributed by atoms with Crippen molar-refractivity contribution in [2.24, 2.45) is 7.05 Å². The van der Waals surface area contributed by atoms with Gasteiger partial charge < -0.3 is 14.8 Å². The summed E-state index contributed by atoms with van der Waals surface area (Å²) in [6.07, 6.45) is 0.767. The van der Waals surface area contributed by atoms with Crippen molar-refractivity contribution < 1.29 is 9.59 Å². The summed E-state index contributed by atoms with van der Waals surface area (Å²) >= 11 is 0. The SMILES string of the molecule is CC(=O)N1CCc2cc(C(=O)Nc3ccc(-c4nc5ccccc5n4C)cc3)ccc21. The Kier molecular flexibility index (Phi) is 4.55. The van der Waals surface area contributed by atoms with Gasteiger partial charge in [-0.3, -0.25) is 9.59 Å². The standard InChI is InChI=1S/C25H22N4O2/c1-16(30)29-14-13-18-15-19(9-12-22(18)29)25(31)26-20-10-7-17(8-11-20)24-27-21-5-3-4-6-23(21)28(24)2/h3-12,15H,13-14H2,1-2H3,(H,26,31). The van der Waals surface area contributed by atoms with Crippen molar-refractivity contribution in [2.75, 3.05) is 16.8 Å². The van der Waals surface area contributed by atoms with Crippen LogP contribution in [0.15, 0.2) is 66.7 Å². The molecular weight excluding hydrogens is 388 g/mol. The second kappa shape index (κ2) is 7.40. The number of hydrogen-bond donors (Lipinski definition) is 1. The van der Waals surface area contributed by atoms with Crippen LogP contribution in [0.2, 0.25) is 0 Å². The van der Waals surface area contributed by atoms with Gasteiger partial charge in [0.25, 0.3) is 5.91 Å². The van der Waals surface area contributed by atoms with Crippen LogP contribution in [0.25, 0.3) is 22.4 Å². The number of hydrogen-bond acceptors (Lipinski definition) is 3. The number of aryl methyl sites for hydroxylation is 1. The molecule has 2 amide bonds. The van der Waals surface area contributed by atoms with Crippen LogP contribution in [0.5, 0.6) is 0 Å². The lowest BCUT2D eigenvalue weighted by atomic mass is 10.1. The molecule has 0 spiro atoms. The lowest BCUT2D eigenvalue weighted by Crippen LogP contribution is -2.25. The van der Waals surface area contributed by atoms with E-state index in [1.165, 1.54) is 0 Å². The number of benzene rings is 3. The number of nitrogens with one attached hydrogen (secondary N) is 1. The second-order valence-electron chi connectivity index (χ2n) is 7.78.